The average molecular weight is 284 g/mol. The number of hydrogen-bond acceptors (Lipinski definition) is 6. The first kappa shape index (κ1) is 15.0. The van der Waals surface area contributed by atoms with E-state index in [0.29, 0.717) is 6.42 Å². The number of fused-ring (bicyclic) bond motifs is 1. The van der Waals surface area contributed by atoms with Gasteiger partial charge in [-0.3, -0.25) is 9.59 Å². The van der Waals surface area contributed by atoms with Crippen LogP contribution in [0.4, 0.5) is 0 Å². The first-order chi connectivity index (χ1) is 9.27. The van der Waals surface area contributed by atoms with Crippen molar-refractivity contribution in [2.24, 2.45) is 0 Å². The van der Waals surface area contributed by atoms with E-state index in [4.69, 9.17) is 18.9 Å². The van der Waals surface area contributed by atoms with E-state index in [1.165, 1.54) is 13.8 Å². The molecule has 20 heavy (non-hydrogen) atoms. The van der Waals surface area contributed by atoms with Gasteiger partial charge in [0.1, 0.15) is 24.9 Å². The molecule has 3 atom stereocenters. The molecule has 0 spiro atoms. The van der Waals surface area contributed by atoms with Crippen LogP contribution in [0.15, 0.2) is 11.6 Å². The zero-order valence-corrected chi connectivity index (χ0v) is 12.2. The lowest BCUT2D eigenvalue weighted by atomic mass is 9.92. The van der Waals surface area contributed by atoms with Gasteiger partial charge < -0.3 is 18.9 Å². The number of esters is 2. The van der Waals surface area contributed by atoms with E-state index >= 15 is 0 Å². The molecule has 0 saturated carbocycles. The third kappa shape index (κ3) is 3.58. The zero-order valence-electron chi connectivity index (χ0n) is 12.2. The molecule has 0 aromatic heterocycles. The molecule has 0 bridgehead atoms. The Hall–Kier alpha value is -1.40. The maximum absolute atomic E-state index is 11.2. The molecule has 0 unspecified atom stereocenters. The second kappa shape index (κ2) is 5.54. The lowest BCUT2D eigenvalue weighted by Crippen LogP contribution is -2.41. The summed E-state index contributed by atoms with van der Waals surface area (Å²) < 4.78 is 21.9. The fraction of sp³-hybridized carbons (Fsp3) is 0.714. The highest BCUT2D eigenvalue weighted by Crippen LogP contribution is 2.37. The third-order valence-electron chi connectivity index (χ3n) is 3.17. The SMILES string of the molecule is CC(=O)OCC1=C[C@H]2OC(C)(C)O[C@H]2[C@@H](OC(C)=O)C1. The van der Waals surface area contributed by atoms with Crippen LogP contribution in [-0.4, -0.2) is 42.6 Å². The highest BCUT2D eigenvalue weighted by atomic mass is 16.8. The van der Waals surface area contributed by atoms with Crippen molar-refractivity contribution < 1.29 is 28.5 Å². The van der Waals surface area contributed by atoms with Gasteiger partial charge in [0, 0.05) is 20.3 Å². The van der Waals surface area contributed by atoms with Crippen molar-refractivity contribution in [3.05, 3.63) is 11.6 Å². The van der Waals surface area contributed by atoms with Gasteiger partial charge in [-0.25, -0.2) is 0 Å². The van der Waals surface area contributed by atoms with Gasteiger partial charge in [0.15, 0.2) is 5.79 Å². The molecule has 112 valence electrons. The van der Waals surface area contributed by atoms with Crippen molar-refractivity contribution in [3.8, 4) is 0 Å². The van der Waals surface area contributed by atoms with Crippen LogP contribution >= 0.6 is 0 Å². The van der Waals surface area contributed by atoms with Crippen LogP contribution in [0.1, 0.15) is 34.1 Å². The largest absolute Gasteiger partial charge is 0.461 e. The molecule has 0 amide bonds. The Morgan fingerprint density at radius 2 is 2.00 bits per heavy atom. The van der Waals surface area contributed by atoms with Gasteiger partial charge >= 0.3 is 11.9 Å². The first-order valence-electron chi connectivity index (χ1n) is 6.62. The summed E-state index contributed by atoms with van der Waals surface area (Å²) in [6.07, 6.45) is 1.33. The molecule has 1 aliphatic heterocycles. The summed E-state index contributed by atoms with van der Waals surface area (Å²) in [4.78, 5) is 22.1. The predicted molar refractivity (Wildman–Crippen MR) is 68.7 cm³/mol. The maximum Gasteiger partial charge on any atom is 0.303 e. The van der Waals surface area contributed by atoms with Crippen LogP contribution in [0.5, 0.6) is 0 Å². The summed E-state index contributed by atoms with van der Waals surface area (Å²) in [7, 11) is 0. The number of rotatable bonds is 3. The molecule has 0 aromatic carbocycles. The second-order valence-corrected chi connectivity index (χ2v) is 5.52. The molecule has 6 heteroatoms. The highest BCUT2D eigenvalue weighted by molar-refractivity contribution is 5.66. The lowest BCUT2D eigenvalue weighted by Gasteiger charge is -2.30. The number of ether oxygens (including phenoxy) is 4. The fourth-order valence-corrected chi connectivity index (χ4v) is 2.53. The van der Waals surface area contributed by atoms with Crippen LogP contribution in [-0.2, 0) is 28.5 Å². The predicted octanol–water partition coefficient (Wildman–Crippen LogP) is 1.33. The summed E-state index contributed by atoms with van der Waals surface area (Å²) in [5.74, 6) is -1.43. The Kier molecular flexibility index (Phi) is 4.15. The normalized spacial score (nSPS) is 31.2. The quantitative estimate of drug-likeness (QED) is 0.575. The molecule has 6 nitrogen and oxygen atoms in total. The molecule has 0 radical (unpaired) electrons. The first-order valence-corrected chi connectivity index (χ1v) is 6.62. The number of carbonyl (C=O) groups excluding carboxylic acids is 2. The molecule has 1 fully saturated rings. The summed E-state index contributed by atoms with van der Waals surface area (Å²) in [6, 6.07) is 0. The molecule has 0 aromatic rings. The van der Waals surface area contributed by atoms with Gasteiger partial charge in [-0.2, -0.15) is 0 Å². The Labute approximate surface area is 118 Å². The Morgan fingerprint density at radius 3 is 2.60 bits per heavy atom. The molecule has 2 rings (SSSR count). The average Bonchev–Trinajstić information content (AvgIpc) is 2.60. The van der Waals surface area contributed by atoms with Gasteiger partial charge in [0.25, 0.3) is 0 Å². The minimum absolute atomic E-state index is 0.181. The second-order valence-electron chi connectivity index (χ2n) is 5.52. The Bertz CT molecular complexity index is 439. The summed E-state index contributed by atoms with van der Waals surface area (Å²) in [5, 5.41) is 0. The molecule has 1 saturated heterocycles. The minimum Gasteiger partial charge on any atom is -0.461 e. The highest BCUT2D eigenvalue weighted by Gasteiger charge is 2.48. The summed E-state index contributed by atoms with van der Waals surface area (Å²) in [6.45, 7) is 6.53. The van der Waals surface area contributed by atoms with E-state index in [9.17, 15) is 9.59 Å². The van der Waals surface area contributed by atoms with Crippen molar-refractivity contribution in [3.63, 3.8) is 0 Å². The van der Waals surface area contributed by atoms with E-state index < -0.39 is 11.9 Å². The lowest BCUT2D eigenvalue weighted by molar-refractivity contribution is -0.169. The van der Waals surface area contributed by atoms with Crippen molar-refractivity contribution in [1.82, 2.24) is 0 Å². The van der Waals surface area contributed by atoms with E-state index in [2.05, 4.69) is 0 Å². The van der Waals surface area contributed by atoms with Crippen LogP contribution in [0.25, 0.3) is 0 Å². The maximum atomic E-state index is 11.2. The van der Waals surface area contributed by atoms with Crippen LogP contribution in [0.3, 0.4) is 0 Å². The number of hydrogen-bond donors (Lipinski definition) is 0. The topological polar surface area (TPSA) is 71.1 Å². The van der Waals surface area contributed by atoms with E-state index in [1.54, 1.807) is 0 Å². The van der Waals surface area contributed by atoms with Crippen LogP contribution < -0.4 is 0 Å². The van der Waals surface area contributed by atoms with E-state index in [-0.39, 0.29) is 30.8 Å². The van der Waals surface area contributed by atoms with Crippen LogP contribution in [0, 0.1) is 0 Å². The van der Waals surface area contributed by atoms with Gasteiger partial charge in [0.2, 0.25) is 0 Å². The van der Waals surface area contributed by atoms with Crippen molar-refractivity contribution in [2.45, 2.75) is 58.2 Å². The minimum atomic E-state index is -0.721. The zero-order chi connectivity index (χ0) is 14.9. The monoisotopic (exact) mass is 284 g/mol. The van der Waals surface area contributed by atoms with Crippen molar-refractivity contribution in [2.75, 3.05) is 6.61 Å². The van der Waals surface area contributed by atoms with Crippen LogP contribution in [0.2, 0.25) is 0 Å². The molecular formula is C14H20O6. The molecule has 2 aliphatic rings. The molecule has 1 aliphatic carbocycles. The summed E-state index contributed by atoms with van der Waals surface area (Å²) >= 11 is 0. The molecular weight excluding hydrogens is 264 g/mol. The molecule has 1 heterocycles. The smallest absolute Gasteiger partial charge is 0.303 e. The Morgan fingerprint density at radius 1 is 1.30 bits per heavy atom. The van der Waals surface area contributed by atoms with Gasteiger partial charge in [-0.15, -0.1) is 0 Å². The standard InChI is InChI=1S/C14H20O6/c1-8(15)17-7-10-5-11(18-9(2)16)13-12(6-10)19-14(3,4)20-13/h6,11-13H,5,7H2,1-4H3/t11-,12+,13-/m0/s1. The third-order valence-corrected chi connectivity index (χ3v) is 3.17. The van der Waals surface area contributed by atoms with Gasteiger partial charge in [-0.05, 0) is 19.4 Å². The van der Waals surface area contributed by atoms with E-state index in [1.807, 2.05) is 19.9 Å². The Balaban J connectivity index is 2.13. The number of carbonyl (C=O) groups is 2. The van der Waals surface area contributed by atoms with E-state index in [0.717, 1.165) is 5.57 Å². The van der Waals surface area contributed by atoms with Crippen molar-refractivity contribution in [1.29, 1.82) is 0 Å². The van der Waals surface area contributed by atoms with Gasteiger partial charge in [0.05, 0.1) is 0 Å². The molecule has 0 N–H and O–H groups in total. The van der Waals surface area contributed by atoms with Gasteiger partial charge in [-0.1, -0.05) is 6.08 Å². The summed E-state index contributed by atoms with van der Waals surface area (Å²) in [5.41, 5.74) is 0.869. The fourth-order valence-electron chi connectivity index (χ4n) is 2.53. The van der Waals surface area contributed by atoms with Crippen molar-refractivity contribution >= 4 is 11.9 Å².